The molecule has 0 atom stereocenters. The fraction of sp³-hybridized carbons (Fsp3) is 0. The Labute approximate surface area is 303 Å². The van der Waals surface area contributed by atoms with Gasteiger partial charge in [0.05, 0.1) is 27.8 Å². The second kappa shape index (κ2) is 9.81. The number of hydrogen-bond donors (Lipinski definition) is 0. The third-order valence-corrected chi connectivity index (χ3v) is 11.8. The minimum atomic E-state index is 0.909. The van der Waals surface area contributed by atoms with Gasteiger partial charge in [-0.15, -0.1) is 0 Å². The van der Waals surface area contributed by atoms with Crippen LogP contribution >= 0.6 is 0 Å². The summed E-state index contributed by atoms with van der Waals surface area (Å²) < 4.78 is 11.5. The predicted molar refractivity (Wildman–Crippen MR) is 222 cm³/mol. The van der Waals surface area contributed by atoms with Crippen molar-refractivity contribution in [3.05, 3.63) is 170 Å². The summed E-state index contributed by atoms with van der Waals surface area (Å²) in [5.41, 5.74) is 14.1. The van der Waals surface area contributed by atoms with Gasteiger partial charge in [0, 0.05) is 43.4 Å². The van der Waals surface area contributed by atoms with Gasteiger partial charge in [-0.1, -0.05) is 121 Å². The van der Waals surface area contributed by atoms with Gasteiger partial charge in [-0.05, 0) is 86.9 Å². The first-order valence-electron chi connectivity index (χ1n) is 18.3. The highest BCUT2D eigenvalue weighted by atomic mass is 16.3. The van der Waals surface area contributed by atoms with Crippen LogP contribution in [-0.4, -0.2) is 9.13 Å². The highest BCUT2D eigenvalue weighted by molar-refractivity contribution is 6.33. The molecule has 0 spiro atoms. The first kappa shape index (κ1) is 27.6. The zero-order valence-corrected chi connectivity index (χ0v) is 28.5. The number of rotatable bonds is 2. The van der Waals surface area contributed by atoms with Crippen LogP contribution in [0.25, 0.3) is 121 Å². The van der Waals surface area contributed by atoms with Crippen LogP contribution < -0.4 is 0 Å². The van der Waals surface area contributed by atoms with E-state index in [1.807, 2.05) is 0 Å². The van der Waals surface area contributed by atoms with E-state index in [0.717, 1.165) is 27.6 Å². The fourth-order valence-electron chi connectivity index (χ4n) is 9.72. The maximum atomic E-state index is 6.51. The Morgan fingerprint density at radius 2 is 1.02 bits per heavy atom. The Bertz CT molecular complexity index is 3570. The predicted octanol–water partition coefficient (Wildman–Crippen LogP) is 13.7. The molecule has 0 aliphatic heterocycles. The van der Waals surface area contributed by atoms with Crippen molar-refractivity contribution in [3.8, 4) is 33.6 Å². The van der Waals surface area contributed by atoms with E-state index < -0.39 is 0 Å². The summed E-state index contributed by atoms with van der Waals surface area (Å²) in [6.45, 7) is 0. The Morgan fingerprint density at radius 1 is 0.340 bits per heavy atom. The van der Waals surface area contributed by atoms with Crippen LogP contribution in [0.2, 0.25) is 0 Å². The van der Waals surface area contributed by atoms with Gasteiger partial charge in [0.15, 0.2) is 0 Å². The highest BCUT2D eigenvalue weighted by Crippen LogP contribution is 2.50. The van der Waals surface area contributed by atoms with Crippen LogP contribution in [0.4, 0.5) is 0 Å². The maximum absolute atomic E-state index is 6.51. The second-order valence-electron chi connectivity index (χ2n) is 14.4. The molecule has 0 N–H and O–H groups in total. The van der Waals surface area contributed by atoms with Gasteiger partial charge in [-0.3, -0.25) is 0 Å². The summed E-state index contributed by atoms with van der Waals surface area (Å²) >= 11 is 0. The van der Waals surface area contributed by atoms with Crippen molar-refractivity contribution in [3.63, 3.8) is 0 Å². The third-order valence-electron chi connectivity index (χ3n) is 11.8. The molecule has 3 aromatic heterocycles. The molecule has 1 aliphatic carbocycles. The molecule has 13 rings (SSSR count). The molecule has 0 radical (unpaired) electrons. The second-order valence-corrected chi connectivity index (χ2v) is 14.4. The van der Waals surface area contributed by atoms with Crippen molar-refractivity contribution in [1.29, 1.82) is 0 Å². The van der Waals surface area contributed by atoms with Crippen LogP contribution in [0.15, 0.2) is 174 Å². The van der Waals surface area contributed by atoms with Gasteiger partial charge >= 0.3 is 0 Å². The zero-order valence-electron chi connectivity index (χ0n) is 28.5. The van der Waals surface area contributed by atoms with Crippen LogP contribution in [0.5, 0.6) is 0 Å². The number of fused-ring (bicyclic) bond motifs is 15. The summed E-state index contributed by atoms with van der Waals surface area (Å²) in [5.74, 6) is 0. The number of benzene rings is 9. The van der Waals surface area contributed by atoms with Gasteiger partial charge in [-0.2, -0.15) is 0 Å². The lowest BCUT2D eigenvalue weighted by Gasteiger charge is -2.13. The first-order chi connectivity index (χ1) is 26.3. The minimum absolute atomic E-state index is 0.909. The van der Waals surface area contributed by atoms with Crippen LogP contribution in [-0.2, 0) is 0 Å². The molecule has 0 saturated carbocycles. The van der Waals surface area contributed by atoms with E-state index in [0.29, 0.717) is 0 Å². The van der Waals surface area contributed by atoms with E-state index in [-0.39, 0.29) is 0 Å². The fourth-order valence-corrected chi connectivity index (χ4v) is 9.72. The smallest absolute Gasteiger partial charge is 0.136 e. The van der Waals surface area contributed by atoms with Crippen molar-refractivity contribution in [2.24, 2.45) is 0 Å². The molecule has 244 valence electrons. The van der Waals surface area contributed by atoms with Gasteiger partial charge in [0.2, 0.25) is 0 Å². The molecule has 1 aliphatic rings. The quantitative estimate of drug-likeness (QED) is 0.179. The molecule has 0 saturated heterocycles. The number of nitrogens with zero attached hydrogens (tertiary/aromatic N) is 2. The van der Waals surface area contributed by atoms with Crippen LogP contribution in [0.3, 0.4) is 0 Å². The Balaban J connectivity index is 1.26. The first-order valence-corrected chi connectivity index (χ1v) is 18.3. The molecule has 0 amide bonds. The normalized spacial score (nSPS) is 12.5. The van der Waals surface area contributed by atoms with Gasteiger partial charge < -0.3 is 13.6 Å². The van der Waals surface area contributed by atoms with Gasteiger partial charge in [-0.25, -0.2) is 0 Å². The van der Waals surface area contributed by atoms with E-state index in [1.54, 1.807) is 0 Å². The maximum Gasteiger partial charge on any atom is 0.136 e. The van der Waals surface area contributed by atoms with Crippen molar-refractivity contribution in [1.82, 2.24) is 9.13 Å². The average Bonchev–Trinajstić information content (AvgIpc) is 3.95. The molecule has 53 heavy (non-hydrogen) atoms. The summed E-state index contributed by atoms with van der Waals surface area (Å²) in [6, 6.07) is 62.3. The van der Waals surface area contributed by atoms with Gasteiger partial charge in [0.25, 0.3) is 0 Å². The van der Waals surface area contributed by atoms with Crippen LogP contribution in [0.1, 0.15) is 0 Å². The number of hydrogen-bond acceptors (Lipinski definition) is 1. The Hall–Kier alpha value is -7.10. The topological polar surface area (TPSA) is 23.0 Å². The van der Waals surface area contributed by atoms with E-state index >= 15 is 0 Å². The minimum Gasteiger partial charge on any atom is -0.456 e. The summed E-state index contributed by atoms with van der Waals surface area (Å²) in [5, 5.41) is 12.3. The number of aromatic nitrogens is 2. The van der Waals surface area contributed by atoms with Crippen LogP contribution in [0, 0.1) is 0 Å². The van der Waals surface area contributed by atoms with Crippen molar-refractivity contribution in [2.45, 2.75) is 0 Å². The largest absolute Gasteiger partial charge is 0.456 e. The molecule has 3 heterocycles. The number of para-hydroxylation sites is 2. The molecule has 12 aromatic rings. The summed E-state index contributed by atoms with van der Waals surface area (Å²) in [6.07, 6.45) is 0. The SMILES string of the molecule is c1ccc2c(c1)-c1cccc3cc(-n4c5ccc6oc7ccccc7c6c5c5ccc6c(c7ccccc7n6-c6cccc7ccccc67)c54)cc-2c13. The Morgan fingerprint density at radius 3 is 1.94 bits per heavy atom. The number of furan rings is 1. The standard InChI is InChI=1S/C50H28N2O/c1-2-14-32-29(11-1)12-10-21-40(32)52-41-20-7-5-17-36(41)48-43(52)24-23-38-47-42(25-26-45-49(47)37-18-6-8-22-44(37)53-45)51(50(38)48)31-27-30-13-9-19-35-33-15-3-4-16-34(33)39(28-31)46(30)35/h1-28H. The highest BCUT2D eigenvalue weighted by Gasteiger charge is 2.26. The van der Waals surface area contributed by atoms with Crippen molar-refractivity contribution >= 4 is 87.1 Å². The molecular formula is C50H28N2O. The summed E-state index contributed by atoms with van der Waals surface area (Å²) in [7, 11) is 0. The zero-order chi connectivity index (χ0) is 34.4. The van der Waals surface area contributed by atoms with E-state index in [9.17, 15) is 0 Å². The summed E-state index contributed by atoms with van der Waals surface area (Å²) in [4.78, 5) is 0. The lowest BCUT2D eigenvalue weighted by atomic mass is 10.0. The molecule has 0 bridgehead atoms. The third kappa shape index (κ3) is 3.44. The molecule has 0 fully saturated rings. The molecule has 9 aromatic carbocycles. The Kier molecular flexibility index (Phi) is 5.11. The van der Waals surface area contributed by atoms with E-state index in [2.05, 4.69) is 179 Å². The van der Waals surface area contributed by atoms with E-state index in [4.69, 9.17) is 4.42 Å². The van der Waals surface area contributed by atoms with E-state index in [1.165, 1.54) is 93.1 Å². The monoisotopic (exact) mass is 672 g/mol. The molecule has 3 nitrogen and oxygen atoms in total. The lowest BCUT2D eigenvalue weighted by molar-refractivity contribution is 0.669. The average molecular weight is 673 g/mol. The lowest BCUT2D eigenvalue weighted by Crippen LogP contribution is -1.96. The van der Waals surface area contributed by atoms with Gasteiger partial charge in [0.1, 0.15) is 11.2 Å². The molecule has 3 heteroatoms. The molecule has 0 unspecified atom stereocenters. The van der Waals surface area contributed by atoms with Crippen molar-refractivity contribution in [2.75, 3.05) is 0 Å². The molecular weight excluding hydrogens is 645 g/mol. The van der Waals surface area contributed by atoms with Crippen molar-refractivity contribution < 1.29 is 4.42 Å².